The molecule has 0 aliphatic rings. The number of benzene rings is 1. The van der Waals surface area contributed by atoms with Gasteiger partial charge in [-0.3, -0.25) is 14.8 Å². The van der Waals surface area contributed by atoms with E-state index in [-0.39, 0.29) is 5.91 Å². The summed E-state index contributed by atoms with van der Waals surface area (Å²) in [4.78, 5) is 20.7. The van der Waals surface area contributed by atoms with Crippen molar-refractivity contribution >= 4 is 11.6 Å². The third kappa shape index (κ3) is 5.14. The van der Waals surface area contributed by atoms with Gasteiger partial charge in [0.05, 0.1) is 0 Å². The molecule has 0 radical (unpaired) electrons. The molecule has 0 unspecified atom stereocenters. The minimum atomic E-state index is -0.183. The van der Waals surface area contributed by atoms with Gasteiger partial charge in [0.15, 0.2) is 0 Å². The van der Waals surface area contributed by atoms with Gasteiger partial charge in [0.2, 0.25) is 0 Å². The van der Waals surface area contributed by atoms with E-state index in [1.165, 1.54) is 0 Å². The van der Waals surface area contributed by atoms with Gasteiger partial charge in [0.25, 0.3) is 5.91 Å². The highest BCUT2D eigenvalue weighted by molar-refractivity contribution is 5.93. The number of nitrogens with one attached hydrogen (secondary N) is 2. The molecule has 1 aromatic carbocycles. The van der Waals surface area contributed by atoms with Gasteiger partial charge in [-0.15, -0.1) is 0 Å². The largest absolute Gasteiger partial charge is 0.385 e. The van der Waals surface area contributed by atoms with Crippen molar-refractivity contribution in [3.8, 4) is 0 Å². The van der Waals surface area contributed by atoms with E-state index in [2.05, 4.69) is 20.6 Å². The summed E-state index contributed by atoms with van der Waals surface area (Å²) >= 11 is 0. The Kier molecular flexibility index (Phi) is 5.72. The molecular weight excluding hydrogens is 312 g/mol. The molecule has 2 heterocycles. The Morgan fingerprint density at radius 1 is 0.920 bits per heavy atom. The van der Waals surface area contributed by atoms with Gasteiger partial charge in [-0.1, -0.05) is 36.4 Å². The van der Waals surface area contributed by atoms with Crippen molar-refractivity contribution in [1.29, 1.82) is 0 Å². The van der Waals surface area contributed by atoms with Gasteiger partial charge in [-0.25, -0.2) is 0 Å². The van der Waals surface area contributed by atoms with Gasteiger partial charge >= 0.3 is 0 Å². The molecule has 5 nitrogen and oxygen atoms in total. The molecule has 2 N–H and O–H groups in total. The highest BCUT2D eigenvalue weighted by Crippen LogP contribution is 2.09. The lowest BCUT2D eigenvalue weighted by atomic mass is 10.2. The molecule has 3 aromatic rings. The summed E-state index contributed by atoms with van der Waals surface area (Å²) in [5.41, 5.74) is 3.36. The fourth-order valence-corrected chi connectivity index (χ4v) is 2.41. The molecule has 1 amide bonds. The predicted octanol–water partition coefficient (Wildman–Crippen LogP) is 3.06. The molecule has 5 heteroatoms. The Bertz CT molecular complexity index is 806. The first kappa shape index (κ1) is 16.6. The number of hydrogen-bond acceptors (Lipinski definition) is 4. The summed E-state index contributed by atoms with van der Waals surface area (Å²) in [7, 11) is 0. The smallest absolute Gasteiger partial charge is 0.270 e. The molecule has 126 valence electrons. The molecule has 25 heavy (non-hydrogen) atoms. The van der Waals surface area contributed by atoms with Crippen LogP contribution in [0.5, 0.6) is 0 Å². The van der Waals surface area contributed by atoms with E-state index in [1.807, 2.05) is 54.6 Å². The second kappa shape index (κ2) is 8.59. The summed E-state index contributed by atoms with van der Waals surface area (Å²) in [5, 5.41) is 6.19. The van der Waals surface area contributed by atoms with E-state index >= 15 is 0 Å². The Labute approximate surface area is 147 Å². The molecule has 0 aliphatic heterocycles. The lowest BCUT2D eigenvalue weighted by Gasteiger charge is -2.08. The Morgan fingerprint density at radius 3 is 2.56 bits per heavy atom. The quantitative estimate of drug-likeness (QED) is 0.698. The van der Waals surface area contributed by atoms with E-state index in [0.717, 1.165) is 29.9 Å². The fourth-order valence-electron chi connectivity index (χ4n) is 2.41. The Balaban J connectivity index is 1.52. The third-order valence-electron chi connectivity index (χ3n) is 3.72. The van der Waals surface area contributed by atoms with Crippen molar-refractivity contribution in [2.24, 2.45) is 0 Å². The van der Waals surface area contributed by atoms with Crippen molar-refractivity contribution in [2.45, 2.75) is 13.0 Å². The first-order valence-electron chi connectivity index (χ1n) is 8.23. The zero-order valence-corrected chi connectivity index (χ0v) is 13.9. The maximum Gasteiger partial charge on any atom is 0.270 e. The first-order chi connectivity index (χ1) is 12.3. The van der Waals surface area contributed by atoms with Crippen LogP contribution in [0.15, 0.2) is 73.1 Å². The predicted molar refractivity (Wildman–Crippen MR) is 98.3 cm³/mol. The van der Waals surface area contributed by atoms with E-state index in [4.69, 9.17) is 0 Å². The SMILES string of the molecule is O=C(NCc1ccccc1)c1cc(NCCc2ccccn2)ccn1. The Morgan fingerprint density at radius 2 is 1.76 bits per heavy atom. The van der Waals surface area contributed by atoms with E-state index in [9.17, 15) is 4.79 Å². The van der Waals surface area contributed by atoms with Gasteiger partial charge < -0.3 is 10.6 Å². The highest BCUT2D eigenvalue weighted by atomic mass is 16.1. The van der Waals surface area contributed by atoms with Crippen LogP contribution >= 0.6 is 0 Å². The summed E-state index contributed by atoms with van der Waals surface area (Å²) in [6.07, 6.45) is 4.25. The molecule has 0 fully saturated rings. The van der Waals surface area contributed by atoms with Gasteiger partial charge in [0.1, 0.15) is 5.69 Å². The topological polar surface area (TPSA) is 66.9 Å². The standard InChI is InChI=1S/C20H20N4O/c25-20(24-15-16-6-2-1-3-7-16)19-14-18(10-13-23-19)22-12-9-17-8-4-5-11-21-17/h1-8,10-11,13-14H,9,12,15H2,(H,22,23)(H,24,25). The lowest BCUT2D eigenvalue weighted by molar-refractivity contribution is 0.0946. The van der Waals surface area contributed by atoms with Crippen LogP contribution in [-0.4, -0.2) is 22.4 Å². The molecule has 0 saturated carbocycles. The second-order valence-electron chi connectivity index (χ2n) is 5.60. The van der Waals surface area contributed by atoms with Crippen LogP contribution in [0.25, 0.3) is 0 Å². The molecule has 0 saturated heterocycles. The van der Waals surface area contributed by atoms with Crippen LogP contribution in [0.3, 0.4) is 0 Å². The molecular formula is C20H20N4O. The highest BCUT2D eigenvalue weighted by Gasteiger charge is 2.07. The first-order valence-corrected chi connectivity index (χ1v) is 8.23. The van der Waals surface area contributed by atoms with E-state index in [1.54, 1.807) is 18.5 Å². The zero-order valence-electron chi connectivity index (χ0n) is 13.9. The summed E-state index contributed by atoms with van der Waals surface area (Å²) < 4.78 is 0. The number of pyridine rings is 2. The van der Waals surface area contributed by atoms with Crippen LogP contribution in [-0.2, 0) is 13.0 Å². The second-order valence-corrected chi connectivity index (χ2v) is 5.60. The van der Waals surface area contributed by atoms with Crippen LogP contribution in [0.2, 0.25) is 0 Å². The fraction of sp³-hybridized carbons (Fsp3) is 0.150. The van der Waals surface area contributed by atoms with Crippen LogP contribution in [0.1, 0.15) is 21.7 Å². The molecule has 0 atom stereocenters. The number of carbonyl (C=O) groups is 1. The van der Waals surface area contributed by atoms with Crippen molar-refractivity contribution in [1.82, 2.24) is 15.3 Å². The van der Waals surface area contributed by atoms with Gasteiger partial charge in [-0.05, 0) is 29.8 Å². The minimum absolute atomic E-state index is 0.183. The Hall–Kier alpha value is -3.21. The molecule has 0 spiro atoms. The lowest BCUT2D eigenvalue weighted by Crippen LogP contribution is -2.23. The van der Waals surface area contributed by atoms with Crippen molar-refractivity contribution in [3.63, 3.8) is 0 Å². The molecule has 0 aliphatic carbocycles. The average molecular weight is 332 g/mol. The minimum Gasteiger partial charge on any atom is -0.385 e. The van der Waals surface area contributed by atoms with Crippen LogP contribution in [0.4, 0.5) is 5.69 Å². The number of nitrogens with zero attached hydrogens (tertiary/aromatic N) is 2. The van der Waals surface area contributed by atoms with Gasteiger partial charge in [-0.2, -0.15) is 0 Å². The van der Waals surface area contributed by atoms with E-state index < -0.39 is 0 Å². The molecule has 3 rings (SSSR count). The monoisotopic (exact) mass is 332 g/mol. The zero-order chi connectivity index (χ0) is 17.3. The van der Waals surface area contributed by atoms with Crippen molar-refractivity contribution < 1.29 is 4.79 Å². The third-order valence-corrected chi connectivity index (χ3v) is 3.72. The number of amides is 1. The summed E-state index contributed by atoms with van der Waals surface area (Å²) in [6.45, 7) is 1.23. The van der Waals surface area contributed by atoms with Crippen molar-refractivity contribution in [2.75, 3.05) is 11.9 Å². The summed E-state index contributed by atoms with van der Waals surface area (Å²) in [6, 6.07) is 19.3. The number of anilines is 1. The van der Waals surface area contributed by atoms with Crippen LogP contribution in [0, 0.1) is 0 Å². The van der Waals surface area contributed by atoms with Crippen LogP contribution < -0.4 is 10.6 Å². The number of aromatic nitrogens is 2. The average Bonchev–Trinajstić information content (AvgIpc) is 2.68. The molecule has 0 bridgehead atoms. The molecule has 2 aromatic heterocycles. The number of rotatable bonds is 7. The maximum absolute atomic E-state index is 12.3. The maximum atomic E-state index is 12.3. The van der Waals surface area contributed by atoms with E-state index in [0.29, 0.717) is 12.2 Å². The number of hydrogen-bond donors (Lipinski definition) is 2. The van der Waals surface area contributed by atoms with Gasteiger partial charge in [0, 0.05) is 43.3 Å². The normalized spacial score (nSPS) is 10.2. The summed E-state index contributed by atoms with van der Waals surface area (Å²) in [5.74, 6) is -0.183. The number of carbonyl (C=O) groups excluding carboxylic acids is 1. The van der Waals surface area contributed by atoms with Crippen molar-refractivity contribution in [3.05, 3.63) is 90.0 Å².